The van der Waals surface area contributed by atoms with Crippen LogP contribution in [0.2, 0.25) is 0 Å². The Hall–Kier alpha value is -1.61. The number of unbranched alkanes of at least 4 members (excludes halogenated alkanes) is 2. The summed E-state index contributed by atoms with van der Waals surface area (Å²) in [6.07, 6.45) is 8.11. The Labute approximate surface area is 127 Å². The number of aliphatic hydroxyl groups is 1. The van der Waals surface area contributed by atoms with Crippen LogP contribution in [0.15, 0.2) is 42.5 Å². The number of carbonyl (C=O) groups excluding carboxylic acids is 1. The molecule has 0 saturated carbocycles. The highest BCUT2D eigenvalue weighted by Crippen LogP contribution is 2.10. The molecule has 0 fully saturated rings. The third kappa shape index (κ3) is 9.03. The average Bonchev–Trinajstić information content (AvgIpc) is 2.51. The molecule has 1 unspecified atom stereocenters. The largest absolute Gasteiger partial charge is 0.491 e. The second-order valence-corrected chi connectivity index (χ2v) is 5.17. The quantitative estimate of drug-likeness (QED) is 0.496. The fourth-order valence-electron chi connectivity index (χ4n) is 2.00. The van der Waals surface area contributed by atoms with Crippen LogP contribution in [-0.4, -0.2) is 23.6 Å². The van der Waals surface area contributed by atoms with Crippen LogP contribution >= 0.6 is 0 Å². The van der Waals surface area contributed by atoms with Crippen LogP contribution in [-0.2, 0) is 4.79 Å². The molecule has 3 heteroatoms. The van der Waals surface area contributed by atoms with Gasteiger partial charge in [0, 0.05) is 12.8 Å². The highest BCUT2D eigenvalue weighted by Gasteiger charge is 2.09. The molecule has 0 saturated heterocycles. The predicted octanol–water partition coefficient (Wildman–Crippen LogP) is 3.91. The number of para-hydroxylation sites is 1. The molecule has 0 bridgehead atoms. The lowest BCUT2D eigenvalue weighted by Gasteiger charge is -2.11. The van der Waals surface area contributed by atoms with Crippen molar-refractivity contribution in [1.82, 2.24) is 0 Å². The van der Waals surface area contributed by atoms with Crippen LogP contribution < -0.4 is 4.74 Å². The topological polar surface area (TPSA) is 46.5 Å². The van der Waals surface area contributed by atoms with E-state index in [1.165, 1.54) is 0 Å². The number of aliphatic hydroxyl groups excluding tert-OH is 1. The summed E-state index contributed by atoms with van der Waals surface area (Å²) in [5, 5.41) is 9.81. The Morgan fingerprint density at radius 3 is 2.71 bits per heavy atom. The van der Waals surface area contributed by atoms with Crippen molar-refractivity contribution < 1.29 is 14.6 Å². The first-order chi connectivity index (χ1) is 10.2. The van der Waals surface area contributed by atoms with E-state index in [4.69, 9.17) is 4.74 Å². The number of allylic oxidation sites excluding steroid dienone is 2. The van der Waals surface area contributed by atoms with Crippen molar-refractivity contribution >= 4 is 5.78 Å². The Balaban J connectivity index is 2.06. The van der Waals surface area contributed by atoms with E-state index < -0.39 is 6.10 Å². The van der Waals surface area contributed by atoms with E-state index in [1.807, 2.05) is 43.3 Å². The van der Waals surface area contributed by atoms with Gasteiger partial charge in [0.1, 0.15) is 18.1 Å². The summed E-state index contributed by atoms with van der Waals surface area (Å²) in [5.74, 6) is 0.973. The summed E-state index contributed by atoms with van der Waals surface area (Å²) in [7, 11) is 0. The number of hydrogen-bond acceptors (Lipinski definition) is 3. The van der Waals surface area contributed by atoms with Gasteiger partial charge in [-0.2, -0.15) is 0 Å². The predicted molar refractivity (Wildman–Crippen MR) is 85.5 cm³/mol. The van der Waals surface area contributed by atoms with Gasteiger partial charge in [-0.1, -0.05) is 30.4 Å². The zero-order valence-electron chi connectivity index (χ0n) is 12.8. The zero-order chi connectivity index (χ0) is 15.3. The third-order valence-corrected chi connectivity index (χ3v) is 3.25. The highest BCUT2D eigenvalue weighted by molar-refractivity contribution is 5.78. The lowest BCUT2D eigenvalue weighted by Crippen LogP contribution is -2.18. The first-order valence-electron chi connectivity index (χ1n) is 7.71. The molecule has 116 valence electrons. The summed E-state index contributed by atoms with van der Waals surface area (Å²) in [6, 6.07) is 9.39. The minimum atomic E-state index is -0.586. The smallest absolute Gasteiger partial charge is 0.133 e. The van der Waals surface area contributed by atoms with Gasteiger partial charge >= 0.3 is 0 Å². The number of rotatable bonds is 11. The Kier molecular flexibility index (Phi) is 9.21. The minimum absolute atomic E-state index is 0.231. The molecule has 1 rings (SSSR count). The molecule has 1 atom stereocenters. The Bertz CT molecular complexity index is 412. The maximum Gasteiger partial charge on any atom is 0.133 e. The van der Waals surface area contributed by atoms with Crippen molar-refractivity contribution in [2.75, 3.05) is 6.61 Å². The van der Waals surface area contributed by atoms with Gasteiger partial charge in [0.05, 0.1) is 6.10 Å². The second kappa shape index (κ2) is 11.1. The summed E-state index contributed by atoms with van der Waals surface area (Å²) >= 11 is 0. The Morgan fingerprint density at radius 2 is 2.00 bits per heavy atom. The van der Waals surface area contributed by atoms with Crippen molar-refractivity contribution in [1.29, 1.82) is 0 Å². The molecule has 0 aliphatic heterocycles. The van der Waals surface area contributed by atoms with Crippen molar-refractivity contribution in [2.24, 2.45) is 0 Å². The standard InChI is InChI=1S/C18H26O3/c1-2-3-4-5-7-10-16(19)13-14-17(20)15-21-18-11-8-6-9-12-18/h2-3,6,8-9,11-12,17,20H,4-5,7,10,13-15H2,1H3/b3-2+. The fraction of sp³-hybridized carbons (Fsp3) is 0.500. The molecule has 1 aromatic carbocycles. The number of carbonyl (C=O) groups is 1. The van der Waals surface area contributed by atoms with E-state index in [0.717, 1.165) is 25.0 Å². The molecule has 3 nitrogen and oxygen atoms in total. The van der Waals surface area contributed by atoms with Gasteiger partial charge in [0.2, 0.25) is 0 Å². The second-order valence-electron chi connectivity index (χ2n) is 5.17. The van der Waals surface area contributed by atoms with Crippen LogP contribution in [0, 0.1) is 0 Å². The molecular weight excluding hydrogens is 264 g/mol. The van der Waals surface area contributed by atoms with E-state index in [9.17, 15) is 9.90 Å². The SMILES string of the molecule is C/C=C/CCCCC(=O)CCC(O)COc1ccccc1. The molecule has 0 spiro atoms. The van der Waals surface area contributed by atoms with E-state index in [-0.39, 0.29) is 12.4 Å². The van der Waals surface area contributed by atoms with E-state index in [1.54, 1.807) is 0 Å². The molecule has 0 amide bonds. The maximum absolute atomic E-state index is 11.7. The van der Waals surface area contributed by atoms with Gasteiger partial charge in [0.15, 0.2) is 0 Å². The average molecular weight is 290 g/mol. The normalized spacial score (nSPS) is 12.5. The molecule has 0 heterocycles. The van der Waals surface area contributed by atoms with Crippen molar-refractivity contribution in [3.63, 3.8) is 0 Å². The van der Waals surface area contributed by atoms with Gasteiger partial charge in [-0.05, 0) is 44.7 Å². The lowest BCUT2D eigenvalue weighted by molar-refractivity contribution is -0.119. The molecule has 1 N–H and O–H groups in total. The van der Waals surface area contributed by atoms with E-state index >= 15 is 0 Å². The summed E-state index contributed by atoms with van der Waals surface area (Å²) in [6.45, 7) is 2.24. The van der Waals surface area contributed by atoms with Gasteiger partial charge in [-0.3, -0.25) is 4.79 Å². The van der Waals surface area contributed by atoms with Crippen LogP contribution in [0.1, 0.15) is 45.4 Å². The van der Waals surface area contributed by atoms with Crippen LogP contribution in [0.4, 0.5) is 0 Å². The number of ketones is 1. The summed E-state index contributed by atoms with van der Waals surface area (Å²) < 4.78 is 5.46. The number of hydrogen-bond donors (Lipinski definition) is 1. The lowest BCUT2D eigenvalue weighted by atomic mass is 10.1. The number of ether oxygens (including phenoxy) is 1. The number of benzene rings is 1. The van der Waals surface area contributed by atoms with Crippen molar-refractivity contribution in [3.05, 3.63) is 42.5 Å². The van der Waals surface area contributed by atoms with Gasteiger partial charge < -0.3 is 9.84 Å². The van der Waals surface area contributed by atoms with Gasteiger partial charge in [-0.25, -0.2) is 0 Å². The van der Waals surface area contributed by atoms with Crippen LogP contribution in [0.5, 0.6) is 5.75 Å². The van der Waals surface area contributed by atoms with E-state index in [0.29, 0.717) is 19.3 Å². The van der Waals surface area contributed by atoms with Gasteiger partial charge in [-0.15, -0.1) is 0 Å². The molecule has 0 aliphatic rings. The van der Waals surface area contributed by atoms with E-state index in [2.05, 4.69) is 6.08 Å². The monoisotopic (exact) mass is 290 g/mol. The number of Topliss-reactive ketones (excluding diaryl/α,β-unsaturated/α-hetero) is 1. The zero-order valence-corrected chi connectivity index (χ0v) is 12.8. The maximum atomic E-state index is 11.7. The first-order valence-corrected chi connectivity index (χ1v) is 7.71. The molecule has 1 aromatic rings. The van der Waals surface area contributed by atoms with Gasteiger partial charge in [0.25, 0.3) is 0 Å². The molecule has 0 radical (unpaired) electrons. The van der Waals surface area contributed by atoms with Crippen LogP contribution in [0.3, 0.4) is 0 Å². The minimum Gasteiger partial charge on any atom is -0.491 e. The first kappa shape index (κ1) is 17.4. The molecule has 0 aliphatic carbocycles. The highest BCUT2D eigenvalue weighted by atomic mass is 16.5. The van der Waals surface area contributed by atoms with Crippen molar-refractivity contribution in [2.45, 2.75) is 51.6 Å². The molecule has 21 heavy (non-hydrogen) atoms. The Morgan fingerprint density at radius 1 is 1.24 bits per heavy atom. The summed E-state index contributed by atoms with van der Waals surface area (Å²) in [4.78, 5) is 11.7. The summed E-state index contributed by atoms with van der Waals surface area (Å²) in [5.41, 5.74) is 0. The van der Waals surface area contributed by atoms with Crippen LogP contribution in [0.25, 0.3) is 0 Å². The molecule has 0 aromatic heterocycles. The third-order valence-electron chi connectivity index (χ3n) is 3.25. The molecular formula is C18H26O3. The fourth-order valence-corrected chi connectivity index (χ4v) is 2.00. The van der Waals surface area contributed by atoms with Crippen molar-refractivity contribution in [3.8, 4) is 5.75 Å².